The summed E-state index contributed by atoms with van der Waals surface area (Å²) in [7, 11) is 1.61. The zero-order chi connectivity index (χ0) is 14.6. The van der Waals surface area contributed by atoms with Gasteiger partial charge in [-0.15, -0.1) is 0 Å². The lowest BCUT2D eigenvalue weighted by atomic mass is 9.76. The lowest BCUT2D eigenvalue weighted by Crippen LogP contribution is -2.37. The fraction of sp³-hybridized carbons (Fsp3) is 0.562. The zero-order valence-electron chi connectivity index (χ0n) is 12.2. The molecule has 0 radical (unpaired) electrons. The van der Waals surface area contributed by atoms with E-state index in [0.29, 0.717) is 11.3 Å². The molecule has 0 atom stereocenters. The lowest BCUT2D eigenvalue weighted by Gasteiger charge is -2.33. The molecule has 0 spiro atoms. The summed E-state index contributed by atoms with van der Waals surface area (Å²) >= 11 is 3.42. The molecule has 1 N–H and O–H groups in total. The summed E-state index contributed by atoms with van der Waals surface area (Å²) in [6.07, 6.45) is 6.27. The molecule has 1 aliphatic rings. The molecule has 1 fully saturated rings. The third-order valence-corrected chi connectivity index (χ3v) is 4.85. The van der Waals surface area contributed by atoms with E-state index in [1.807, 2.05) is 12.1 Å². The molecule has 1 aromatic rings. The van der Waals surface area contributed by atoms with Crippen molar-refractivity contribution in [2.24, 2.45) is 5.41 Å². The van der Waals surface area contributed by atoms with Crippen molar-refractivity contribution in [1.82, 2.24) is 5.32 Å². The molecule has 0 bridgehead atoms. The van der Waals surface area contributed by atoms with Crippen molar-refractivity contribution in [2.45, 2.75) is 39.0 Å². The topological polar surface area (TPSA) is 38.3 Å². The van der Waals surface area contributed by atoms with Gasteiger partial charge in [-0.2, -0.15) is 0 Å². The molecule has 20 heavy (non-hydrogen) atoms. The third kappa shape index (κ3) is 3.75. The van der Waals surface area contributed by atoms with Crippen LogP contribution in [0.15, 0.2) is 22.7 Å². The summed E-state index contributed by atoms with van der Waals surface area (Å²) in [6.45, 7) is 3.02. The maximum Gasteiger partial charge on any atom is 0.252 e. The van der Waals surface area contributed by atoms with Crippen molar-refractivity contribution in [3.63, 3.8) is 0 Å². The molecular weight excluding hydrogens is 318 g/mol. The van der Waals surface area contributed by atoms with E-state index >= 15 is 0 Å². The number of ether oxygens (including phenoxy) is 1. The number of methoxy groups -OCH3 is 1. The lowest BCUT2D eigenvalue weighted by molar-refractivity contribution is 0.0918. The number of hydrogen-bond donors (Lipinski definition) is 1. The van der Waals surface area contributed by atoms with E-state index in [-0.39, 0.29) is 11.3 Å². The van der Waals surface area contributed by atoms with Gasteiger partial charge in [-0.3, -0.25) is 4.79 Å². The number of amides is 1. The van der Waals surface area contributed by atoms with E-state index in [4.69, 9.17) is 4.74 Å². The van der Waals surface area contributed by atoms with E-state index in [1.165, 1.54) is 32.1 Å². The first kappa shape index (κ1) is 15.4. The highest BCUT2D eigenvalue weighted by molar-refractivity contribution is 9.10. The average molecular weight is 340 g/mol. The molecule has 1 aromatic carbocycles. The van der Waals surface area contributed by atoms with Crippen LogP contribution in [0.1, 0.15) is 49.4 Å². The molecule has 3 nitrogen and oxygen atoms in total. The van der Waals surface area contributed by atoms with Crippen molar-refractivity contribution < 1.29 is 9.53 Å². The first-order valence-corrected chi connectivity index (χ1v) is 7.95. The van der Waals surface area contributed by atoms with Crippen LogP contribution in [-0.2, 0) is 0 Å². The molecule has 110 valence electrons. The fourth-order valence-corrected chi connectivity index (χ4v) is 3.20. The van der Waals surface area contributed by atoms with Crippen LogP contribution in [0.3, 0.4) is 0 Å². The first-order chi connectivity index (χ1) is 9.54. The van der Waals surface area contributed by atoms with Crippen molar-refractivity contribution >= 4 is 21.8 Å². The molecule has 1 amide bonds. The van der Waals surface area contributed by atoms with E-state index in [9.17, 15) is 4.79 Å². The van der Waals surface area contributed by atoms with Gasteiger partial charge < -0.3 is 10.1 Å². The van der Waals surface area contributed by atoms with Crippen molar-refractivity contribution in [1.29, 1.82) is 0 Å². The van der Waals surface area contributed by atoms with Gasteiger partial charge in [-0.05, 0) is 52.4 Å². The predicted octanol–water partition coefficient (Wildman–Crippen LogP) is 4.16. The Labute approximate surface area is 129 Å². The van der Waals surface area contributed by atoms with Gasteiger partial charge in [0, 0.05) is 11.0 Å². The Hall–Kier alpha value is -1.03. The second-order valence-corrected chi connectivity index (χ2v) is 6.75. The second-order valence-electron chi connectivity index (χ2n) is 5.90. The van der Waals surface area contributed by atoms with Crippen LogP contribution in [0, 0.1) is 5.41 Å². The Kier molecular flexibility index (Phi) is 5.08. The van der Waals surface area contributed by atoms with Gasteiger partial charge in [0.25, 0.3) is 5.91 Å². The third-order valence-electron chi connectivity index (χ3n) is 4.15. The van der Waals surface area contributed by atoms with Gasteiger partial charge in [-0.25, -0.2) is 0 Å². The quantitative estimate of drug-likeness (QED) is 0.894. The molecule has 0 unspecified atom stereocenters. The highest BCUT2D eigenvalue weighted by atomic mass is 79.9. The second kappa shape index (κ2) is 6.61. The molecule has 0 aliphatic heterocycles. The Morgan fingerprint density at radius 2 is 2.05 bits per heavy atom. The summed E-state index contributed by atoms with van der Waals surface area (Å²) in [5.41, 5.74) is 0.878. The van der Waals surface area contributed by atoms with Crippen LogP contribution in [0.2, 0.25) is 0 Å². The summed E-state index contributed by atoms with van der Waals surface area (Å²) in [6, 6.07) is 5.45. The normalized spacial score (nSPS) is 17.6. The van der Waals surface area contributed by atoms with Crippen LogP contribution < -0.4 is 10.1 Å². The largest absolute Gasteiger partial charge is 0.497 e. The molecule has 1 aliphatic carbocycles. The Morgan fingerprint density at radius 1 is 1.35 bits per heavy atom. The van der Waals surface area contributed by atoms with E-state index in [1.54, 1.807) is 13.2 Å². The van der Waals surface area contributed by atoms with Gasteiger partial charge in [0.15, 0.2) is 0 Å². The summed E-state index contributed by atoms with van der Waals surface area (Å²) in [5.74, 6) is 0.657. The molecule has 0 saturated heterocycles. The number of halogens is 1. The summed E-state index contributed by atoms with van der Waals surface area (Å²) < 4.78 is 5.97. The van der Waals surface area contributed by atoms with Crippen molar-refractivity contribution in [3.8, 4) is 5.75 Å². The zero-order valence-corrected chi connectivity index (χ0v) is 13.8. The fourth-order valence-electron chi connectivity index (χ4n) is 2.78. The monoisotopic (exact) mass is 339 g/mol. The van der Waals surface area contributed by atoms with Crippen LogP contribution >= 0.6 is 15.9 Å². The number of hydrogen-bond acceptors (Lipinski definition) is 2. The summed E-state index contributed by atoms with van der Waals surface area (Å²) in [5, 5.41) is 3.08. The van der Waals surface area contributed by atoms with Gasteiger partial charge in [-0.1, -0.05) is 26.2 Å². The van der Waals surface area contributed by atoms with Crippen LogP contribution in [0.25, 0.3) is 0 Å². The van der Waals surface area contributed by atoms with Crippen LogP contribution in [0.5, 0.6) is 5.75 Å². The Bertz CT molecular complexity index is 481. The number of rotatable bonds is 4. The van der Waals surface area contributed by atoms with E-state index < -0.39 is 0 Å². The smallest absolute Gasteiger partial charge is 0.252 e. The summed E-state index contributed by atoms with van der Waals surface area (Å²) in [4.78, 5) is 12.3. The Morgan fingerprint density at radius 3 is 2.70 bits per heavy atom. The predicted molar refractivity (Wildman–Crippen MR) is 84.2 cm³/mol. The van der Waals surface area contributed by atoms with Gasteiger partial charge in [0.05, 0.1) is 12.7 Å². The first-order valence-electron chi connectivity index (χ1n) is 7.16. The molecule has 2 rings (SSSR count). The van der Waals surface area contributed by atoms with Gasteiger partial charge in [0.1, 0.15) is 5.75 Å². The van der Waals surface area contributed by atoms with Crippen LogP contribution in [0.4, 0.5) is 0 Å². The van der Waals surface area contributed by atoms with Crippen molar-refractivity contribution in [2.75, 3.05) is 13.7 Å². The standard InChI is InChI=1S/C16H22BrNO2/c1-16(8-4-3-5-9-16)11-18-15(19)13-10-12(20-2)6-7-14(13)17/h6-7,10H,3-5,8-9,11H2,1-2H3,(H,18,19). The van der Waals surface area contributed by atoms with Crippen molar-refractivity contribution in [3.05, 3.63) is 28.2 Å². The van der Waals surface area contributed by atoms with Gasteiger partial charge in [0.2, 0.25) is 0 Å². The molecule has 4 heteroatoms. The maximum atomic E-state index is 12.3. The van der Waals surface area contributed by atoms with Crippen LogP contribution in [-0.4, -0.2) is 19.6 Å². The Balaban J connectivity index is 2.01. The minimum atomic E-state index is -0.0393. The minimum Gasteiger partial charge on any atom is -0.497 e. The average Bonchev–Trinajstić information content (AvgIpc) is 2.46. The number of carbonyl (C=O) groups excluding carboxylic acids is 1. The highest BCUT2D eigenvalue weighted by Gasteiger charge is 2.27. The molecular formula is C16H22BrNO2. The molecule has 0 aromatic heterocycles. The highest BCUT2D eigenvalue weighted by Crippen LogP contribution is 2.35. The minimum absolute atomic E-state index is 0.0393. The maximum absolute atomic E-state index is 12.3. The number of carbonyl (C=O) groups is 1. The number of benzene rings is 1. The number of nitrogens with one attached hydrogen (secondary N) is 1. The van der Waals surface area contributed by atoms with E-state index in [0.717, 1.165) is 11.0 Å². The van der Waals surface area contributed by atoms with Gasteiger partial charge >= 0.3 is 0 Å². The SMILES string of the molecule is COc1ccc(Br)c(C(=O)NCC2(C)CCCCC2)c1. The molecule has 1 saturated carbocycles. The molecule has 0 heterocycles. The van der Waals surface area contributed by atoms with E-state index in [2.05, 4.69) is 28.2 Å².